The molecule has 0 unspecified atom stereocenters. The van der Waals surface area contributed by atoms with Gasteiger partial charge in [0.15, 0.2) is 11.5 Å². The highest BCUT2D eigenvalue weighted by molar-refractivity contribution is 5.54. The van der Waals surface area contributed by atoms with Crippen LogP contribution in [0.5, 0.6) is 17.2 Å². The maximum absolute atomic E-state index is 11.6. The normalized spacial score (nSPS) is 10.0. The summed E-state index contributed by atoms with van der Waals surface area (Å²) in [5.41, 5.74) is 1.25. The minimum absolute atomic E-state index is 0.162. The van der Waals surface area contributed by atoms with E-state index in [1.54, 1.807) is 39.7 Å². The lowest BCUT2D eigenvalue weighted by molar-refractivity contribution is 0.324. The number of pyridine rings is 1. The molecule has 0 spiro atoms. The molecule has 0 saturated carbocycles. The number of rotatable bonds is 6. The number of ether oxygens (including phenoxy) is 3. The fourth-order valence-electron chi connectivity index (χ4n) is 2.00. The first kappa shape index (κ1) is 14.8. The molecule has 1 heterocycles. The van der Waals surface area contributed by atoms with Gasteiger partial charge in [-0.3, -0.25) is 4.79 Å². The van der Waals surface area contributed by atoms with Crippen molar-refractivity contribution in [1.82, 2.24) is 4.98 Å². The maximum Gasteiger partial charge on any atom is 0.271 e. The van der Waals surface area contributed by atoms with Gasteiger partial charge >= 0.3 is 0 Å². The summed E-state index contributed by atoms with van der Waals surface area (Å²) in [6.07, 6.45) is 1.59. The Bertz CT molecular complexity index is 642. The van der Waals surface area contributed by atoms with Crippen molar-refractivity contribution in [2.24, 2.45) is 0 Å². The molecule has 0 radical (unpaired) electrons. The van der Waals surface area contributed by atoms with E-state index in [0.717, 1.165) is 5.56 Å². The zero-order valence-electron chi connectivity index (χ0n) is 12.2. The summed E-state index contributed by atoms with van der Waals surface area (Å²) in [5.74, 6) is 1.70. The van der Waals surface area contributed by atoms with E-state index >= 15 is 0 Å². The highest BCUT2D eigenvalue weighted by Gasteiger charge is 2.13. The Balaban J connectivity index is 2.24. The van der Waals surface area contributed by atoms with Gasteiger partial charge in [0.05, 0.1) is 21.3 Å². The number of nitrogens with one attached hydrogen (secondary N) is 2. The van der Waals surface area contributed by atoms with Crippen LogP contribution in [0.15, 0.2) is 35.3 Å². The van der Waals surface area contributed by atoms with Gasteiger partial charge in [0.2, 0.25) is 5.75 Å². The quantitative estimate of drug-likeness (QED) is 0.851. The van der Waals surface area contributed by atoms with Crippen molar-refractivity contribution >= 4 is 5.69 Å². The summed E-state index contributed by atoms with van der Waals surface area (Å²) in [6, 6.07) is 7.16. The van der Waals surface area contributed by atoms with Gasteiger partial charge in [-0.25, -0.2) is 0 Å². The molecule has 0 saturated heterocycles. The number of hydrogen-bond acceptors (Lipinski definition) is 5. The lowest BCUT2D eigenvalue weighted by atomic mass is 10.1. The van der Waals surface area contributed by atoms with E-state index in [4.69, 9.17) is 14.2 Å². The van der Waals surface area contributed by atoms with Crippen LogP contribution in [0.1, 0.15) is 5.56 Å². The highest BCUT2D eigenvalue weighted by atomic mass is 16.5. The molecule has 0 aliphatic rings. The van der Waals surface area contributed by atoms with Gasteiger partial charge in [-0.05, 0) is 29.8 Å². The molecular weight excluding hydrogens is 272 g/mol. The van der Waals surface area contributed by atoms with Gasteiger partial charge < -0.3 is 24.5 Å². The van der Waals surface area contributed by atoms with Crippen molar-refractivity contribution in [3.05, 3.63) is 46.4 Å². The number of anilines is 1. The number of H-pyrrole nitrogens is 1. The Morgan fingerprint density at radius 3 is 2.29 bits per heavy atom. The average Bonchev–Trinajstić information content (AvgIpc) is 2.52. The number of aromatic amines is 1. The van der Waals surface area contributed by atoms with E-state index in [-0.39, 0.29) is 5.56 Å². The second kappa shape index (κ2) is 6.69. The summed E-state index contributed by atoms with van der Waals surface area (Å²) < 4.78 is 15.9. The lowest BCUT2D eigenvalue weighted by Crippen LogP contribution is -2.13. The Morgan fingerprint density at radius 1 is 1.10 bits per heavy atom. The second-order valence-electron chi connectivity index (χ2n) is 4.30. The molecule has 0 bridgehead atoms. The van der Waals surface area contributed by atoms with Crippen molar-refractivity contribution in [2.45, 2.75) is 6.54 Å². The first-order valence-electron chi connectivity index (χ1n) is 6.40. The smallest absolute Gasteiger partial charge is 0.271 e. The van der Waals surface area contributed by atoms with Crippen LogP contribution in [0.3, 0.4) is 0 Å². The second-order valence-corrected chi connectivity index (χ2v) is 4.30. The highest BCUT2D eigenvalue weighted by Crippen LogP contribution is 2.38. The van der Waals surface area contributed by atoms with E-state index in [1.165, 1.54) is 0 Å². The third kappa shape index (κ3) is 3.28. The summed E-state index contributed by atoms with van der Waals surface area (Å²) in [5, 5.41) is 3.07. The summed E-state index contributed by atoms with van der Waals surface area (Å²) in [7, 11) is 4.69. The van der Waals surface area contributed by atoms with Gasteiger partial charge in [-0.1, -0.05) is 0 Å². The zero-order valence-corrected chi connectivity index (χ0v) is 12.2. The van der Waals surface area contributed by atoms with Gasteiger partial charge in [0.1, 0.15) is 5.69 Å². The topological polar surface area (TPSA) is 72.6 Å². The van der Waals surface area contributed by atoms with Crippen molar-refractivity contribution in [1.29, 1.82) is 0 Å². The van der Waals surface area contributed by atoms with E-state index in [9.17, 15) is 4.79 Å². The predicted octanol–water partition coefficient (Wildman–Crippen LogP) is 2.01. The van der Waals surface area contributed by atoms with Crippen molar-refractivity contribution in [3.8, 4) is 17.2 Å². The summed E-state index contributed by atoms with van der Waals surface area (Å²) >= 11 is 0. The zero-order chi connectivity index (χ0) is 15.2. The fraction of sp³-hybridized carbons (Fsp3) is 0.267. The standard InChI is InChI=1S/C15H18N2O4/c1-19-12-7-10(8-13(20-2)14(12)21-3)9-17-11-5-4-6-16-15(11)18/h4-8,17H,9H2,1-3H3,(H,16,18). The van der Waals surface area contributed by atoms with E-state index < -0.39 is 0 Å². The first-order valence-corrected chi connectivity index (χ1v) is 6.40. The Labute approximate surface area is 122 Å². The maximum atomic E-state index is 11.6. The molecule has 21 heavy (non-hydrogen) atoms. The van der Waals surface area contributed by atoms with Crippen LogP contribution < -0.4 is 25.1 Å². The number of methoxy groups -OCH3 is 3. The van der Waals surface area contributed by atoms with Crippen LogP contribution in [0.4, 0.5) is 5.69 Å². The van der Waals surface area contributed by atoms with Gasteiger partial charge in [0, 0.05) is 12.7 Å². The molecule has 6 heteroatoms. The van der Waals surface area contributed by atoms with Crippen molar-refractivity contribution < 1.29 is 14.2 Å². The molecule has 2 rings (SSSR count). The van der Waals surface area contributed by atoms with Crippen LogP contribution in [0.2, 0.25) is 0 Å². The van der Waals surface area contributed by atoms with Gasteiger partial charge in [-0.2, -0.15) is 0 Å². The molecule has 1 aromatic carbocycles. The SMILES string of the molecule is COc1cc(CNc2ccc[nH]c2=O)cc(OC)c1OC. The van der Waals surface area contributed by atoms with E-state index in [0.29, 0.717) is 29.5 Å². The van der Waals surface area contributed by atoms with Crippen molar-refractivity contribution in [3.63, 3.8) is 0 Å². The van der Waals surface area contributed by atoms with Crippen LogP contribution in [-0.4, -0.2) is 26.3 Å². The lowest BCUT2D eigenvalue weighted by Gasteiger charge is -2.14. The molecule has 0 amide bonds. The number of aromatic nitrogens is 1. The Morgan fingerprint density at radius 2 is 1.76 bits per heavy atom. The molecule has 0 fully saturated rings. The third-order valence-corrected chi connectivity index (χ3v) is 3.03. The first-order chi connectivity index (χ1) is 10.2. The fourth-order valence-corrected chi connectivity index (χ4v) is 2.00. The number of benzene rings is 1. The average molecular weight is 290 g/mol. The molecule has 2 N–H and O–H groups in total. The monoisotopic (exact) mass is 290 g/mol. The Hall–Kier alpha value is -2.63. The molecule has 6 nitrogen and oxygen atoms in total. The minimum atomic E-state index is -0.162. The minimum Gasteiger partial charge on any atom is -0.493 e. The molecule has 2 aromatic rings. The molecule has 112 valence electrons. The number of hydrogen-bond donors (Lipinski definition) is 2. The third-order valence-electron chi connectivity index (χ3n) is 3.03. The molecule has 0 atom stereocenters. The van der Waals surface area contributed by atoms with Crippen LogP contribution in [0, 0.1) is 0 Å². The molecule has 0 aliphatic carbocycles. The summed E-state index contributed by atoms with van der Waals surface area (Å²) in [4.78, 5) is 14.2. The van der Waals surface area contributed by atoms with E-state index in [2.05, 4.69) is 10.3 Å². The Kier molecular flexibility index (Phi) is 4.71. The van der Waals surface area contributed by atoms with E-state index in [1.807, 2.05) is 12.1 Å². The largest absolute Gasteiger partial charge is 0.493 e. The molecule has 1 aromatic heterocycles. The van der Waals surface area contributed by atoms with Crippen LogP contribution in [0.25, 0.3) is 0 Å². The van der Waals surface area contributed by atoms with Crippen molar-refractivity contribution in [2.75, 3.05) is 26.6 Å². The van der Waals surface area contributed by atoms with Crippen LogP contribution >= 0.6 is 0 Å². The molecular formula is C15H18N2O4. The van der Waals surface area contributed by atoms with Gasteiger partial charge in [0.25, 0.3) is 5.56 Å². The molecule has 0 aliphatic heterocycles. The van der Waals surface area contributed by atoms with Gasteiger partial charge in [-0.15, -0.1) is 0 Å². The predicted molar refractivity (Wildman–Crippen MR) is 80.5 cm³/mol. The van der Waals surface area contributed by atoms with Crippen LogP contribution in [-0.2, 0) is 6.54 Å². The summed E-state index contributed by atoms with van der Waals surface area (Å²) in [6.45, 7) is 0.462.